The number of sulfonamides is 1. The van der Waals surface area contributed by atoms with E-state index in [1.165, 1.54) is 23.5 Å². The minimum Gasteiger partial charge on any atom is -0.495 e. The SMILES string of the molecule is COc1ccc(S(=O)(=O)N2CCCCC2)cc1NC(=O)c1ccc(C)cc1C. The molecule has 1 heterocycles. The van der Waals surface area contributed by atoms with Crippen molar-refractivity contribution in [3.63, 3.8) is 0 Å². The van der Waals surface area contributed by atoms with Crippen molar-refractivity contribution in [1.29, 1.82) is 0 Å². The van der Waals surface area contributed by atoms with E-state index in [9.17, 15) is 13.2 Å². The molecule has 1 saturated heterocycles. The normalized spacial score (nSPS) is 15.2. The fourth-order valence-electron chi connectivity index (χ4n) is 3.46. The fourth-order valence-corrected chi connectivity index (χ4v) is 5.00. The Morgan fingerprint density at radius 1 is 1.04 bits per heavy atom. The predicted molar refractivity (Wildman–Crippen MR) is 109 cm³/mol. The summed E-state index contributed by atoms with van der Waals surface area (Å²) in [5, 5.41) is 2.81. The van der Waals surface area contributed by atoms with Crippen LogP contribution in [0, 0.1) is 13.8 Å². The van der Waals surface area contributed by atoms with Gasteiger partial charge in [0.2, 0.25) is 10.0 Å². The molecular formula is C21H26N2O4S. The van der Waals surface area contributed by atoms with Gasteiger partial charge in [-0.05, 0) is 56.5 Å². The Morgan fingerprint density at radius 3 is 2.39 bits per heavy atom. The van der Waals surface area contributed by atoms with Gasteiger partial charge in [0.1, 0.15) is 5.75 Å². The summed E-state index contributed by atoms with van der Waals surface area (Å²) in [5.74, 6) is 0.110. The molecule has 1 amide bonds. The molecule has 2 aromatic rings. The lowest BCUT2D eigenvalue weighted by Gasteiger charge is -2.26. The lowest BCUT2D eigenvalue weighted by atomic mass is 10.1. The van der Waals surface area contributed by atoms with Gasteiger partial charge in [-0.1, -0.05) is 24.1 Å². The van der Waals surface area contributed by atoms with E-state index in [1.807, 2.05) is 26.0 Å². The third kappa shape index (κ3) is 4.20. The van der Waals surface area contributed by atoms with Crippen LogP contribution in [0.25, 0.3) is 0 Å². The molecule has 0 aliphatic carbocycles. The first-order valence-electron chi connectivity index (χ1n) is 9.40. The Morgan fingerprint density at radius 2 is 1.75 bits per heavy atom. The molecular weight excluding hydrogens is 376 g/mol. The number of amides is 1. The van der Waals surface area contributed by atoms with Gasteiger partial charge >= 0.3 is 0 Å². The van der Waals surface area contributed by atoms with Gasteiger partial charge in [0.25, 0.3) is 5.91 Å². The average molecular weight is 403 g/mol. The quantitative estimate of drug-likeness (QED) is 0.827. The Kier molecular flexibility index (Phi) is 6.05. The topological polar surface area (TPSA) is 75.7 Å². The Hall–Kier alpha value is -2.38. The fraction of sp³-hybridized carbons (Fsp3) is 0.381. The van der Waals surface area contributed by atoms with Crippen LogP contribution in [0.3, 0.4) is 0 Å². The van der Waals surface area contributed by atoms with E-state index in [-0.39, 0.29) is 10.8 Å². The highest BCUT2D eigenvalue weighted by Crippen LogP contribution is 2.30. The third-order valence-corrected chi connectivity index (χ3v) is 6.89. The summed E-state index contributed by atoms with van der Waals surface area (Å²) >= 11 is 0. The number of carbonyl (C=O) groups is 1. The summed E-state index contributed by atoms with van der Waals surface area (Å²) in [6.45, 7) is 4.89. The number of nitrogens with zero attached hydrogens (tertiary/aromatic N) is 1. The molecule has 0 aromatic heterocycles. The summed E-state index contributed by atoms with van der Waals surface area (Å²) in [6, 6.07) is 10.1. The highest BCUT2D eigenvalue weighted by Gasteiger charge is 2.27. The largest absolute Gasteiger partial charge is 0.495 e. The molecule has 0 radical (unpaired) electrons. The van der Waals surface area contributed by atoms with Crippen molar-refractivity contribution in [3.8, 4) is 5.75 Å². The molecule has 0 bridgehead atoms. The van der Waals surface area contributed by atoms with Gasteiger partial charge in [-0.15, -0.1) is 0 Å². The van der Waals surface area contributed by atoms with E-state index in [4.69, 9.17) is 4.74 Å². The molecule has 2 aromatic carbocycles. The van der Waals surface area contributed by atoms with Crippen LogP contribution in [0.15, 0.2) is 41.3 Å². The first kappa shape index (κ1) is 20.4. The summed E-state index contributed by atoms with van der Waals surface area (Å²) in [5.41, 5.74) is 2.80. The minimum absolute atomic E-state index is 0.158. The second-order valence-corrected chi connectivity index (χ2v) is 9.04. The molecule has 6 nitrogen and oxygen atoms in total. The number of rotatable bonds is 5. The van der Waals surface area contributed by atoms with Crippen LogP contribution < -0.4 is 10.1 Å². The lowest BCUT2D eigenvalue weighted by Crippen LogP contribution is -2.35. The number of carbonyl (C=O) groups excluding carboxylic acids is 1. The highest BCUT2D eigenvalue weighted by atomic mass is 32.2. The van der Waals surface area contributed by atoms with Crippen molar-refractivity contribution >= 4 is 21.6 Å². The van der Waals surface area contributed by atoms with Crippen LogP contribution in [0.1, 0.15) is 40.7 Å². The van der Waals surface area contributed by atoms with Crippen LogP contribution >= 0.6 is 0 Å². The molecule has 150 valence electrons. The first-order valence-corrected chi connectivity index (χ1v) is 10.8. The third-order valence-electron chi connectivity index (χ3n) is 5.00. The van der Waals surface area contributed by atoms with E-state index in [2.05, 4.69) is 5.32 Å². The second-order valence-electron chi connectivity index (χ2n) is 7.10. The summed E-state index contributed by atoms with van der Waals surface area (Å²) in [7, 11) is -2.11. The molecule has 1 aliphatic heterocycles. The van der Waals surface area contributed by atoms with Crippen LogP contribution in [0.2, 0.25) is 0 Å². The standard InChI is InChI=1S/C21H26N2O4S/c1-15-7-9-18(16(2)13-15)21(24)22-19-14-17(8-10-20(19)27-3)28(25,26)23-11-5-4-6-12-23/h7-10,13-14H,4-6,11-12H2,1-3H3,(H,22,24). The molecule has 1 aliphatic rings. The maximum absolute atomic E-state index is 13.0. The minimum atomic E-state index is -3.60. The van der Waals surface area contributed by atoms with Gasteiger partial charge in [-0.25, -0.2) is 8.42 Å². The van der Waals surface area contributed by atoms with E-state index in [1.54, 1.807) is 12.1 Å². The van der Waals surface area contributed by atoms with Crippen molar-refractivity contribution in [3.05, 3.63) is 53.1 Å². The van der Waals surface area contributed by atoms with Gasteiger partial charge in [0, 0.05) is 18.7 Å². The first-order chi connectivity index (χ1) is 13.3. The maximum atomic E-state index is 13.0. The summed E-state index contributed by atoms with van der Waals surface area (Å²) in [6.07, 6.45) is 2.78. The summed E-state index contributed by atoms with van der Waals surface area (Å²) < 4.78 is 32.7. The van der Waals surface area contributed by atoms with Gasteiger partial charge in [0.15, 0.2) is 0 Å². The van der Waals surface area contributed by atoms with Crippen LogP contribution in [0.5, 0.6) is 5.75 Å². The zero-order chi connectivity index (χ0) is 20.3. The smallest absolute Gasteiger partial charge is 0.256 e. The number of ether oxygens (including phenoxy) is 1. The van der Waals surface area contributed by atoms with Crippen LogP contribution in [0.4, 0.5) is 5.69 Å². The zero-order valence-electron chi connectivity index (χ0n) is 16.5. The van der Waals surface area contributed by atoms with E-state index in [0.29, 0.717) is 30.1 Å². The van der Waals surface area contributed by atoms with Gasteiger partial charge in [-0.2, -0.15) is 4.31 Å². The Balaban J connectivity index is 1.92. The number of aryl methyl sites for hydroxylation is 2. The van der Waals surface area contributed by atoms with Gasteiger partial charge in [0.05, 0.1) is 17.7 Å². The molecule has 3 rings (SSSR count). The van der Waals surface area contributed by atoms with E-state index in [0.717, 1.165) is 30.4 Å². The molecule has 0 spiro atoms. The van der Waals surface area contributed by atoms with Crippen molar-refractivity contribution in [2.24, 2.45) is 0 Å². The highest BCUT2D eigenvalue weighted by molar-refractivity contribution is 7.89. The second kappa shape index (κ2) is 8.32. The number of anilines is 1. The van der Waals surface area contributed by atoms with Crippen LogP contribution in [-0.2, 0) is 10.0 Å². The van der Waals surface area contributed by atoms with E-state index < -0.39 is 10.0 Å². The molecule has 0 unspecified atom stereocenters. The monoisotopic (exact) mass is 402 g/mol. The number of hydrogen-bond donors (Lipinski definition) is 1. The number of benzene rings is 2. The van der Waals surface area contributed by atoms with Crippen molar-refractivity contribution in [2.75, 3.05) is 25.5 Å². The maximum Gasteiger partial charge on any atom is 0.256 e. The van der Waals surface area contributed by atoms with Crippen LogP contribution in [-0.4, -0.2) is 38.8 Å². The lowest BCUT2D eigenvalue weighted by molar-refractivity contribution is 0.102. The van der Waals surface area contributed by atoms with Gasteiger partial charge in [-0.3, -0.25) is 4.79 Å². The average Bonchev–Trinajstić information content (AvgIpc) is 2.68. The number of piperidine rings is 1. The number of nitrogens with one attached hydrogen (secondary N) is 1. The molecule has 1 N–H and O–H groups in total. The summed E-state index contributed by atoms with van der Waals surface area (Å²) in [4.78, 5) is 12.9. The van der Waals surface area contributed by atoms with Gasteiger partial charge < -0.3 is 10.1 Å². The molecule has 0 saturated carbocycles. The molecule has 0 atom stereocenters. The van der Waals surface area contributed by atoms with Crippen molar-refractivity contribution in [2.45, 2.75) is 38.0 Å². The zero-order valence-corrected chi connectivity index (χ0v) is 17.3. The number of hydrogen-bond acceptors (Lipinski definition) is 4. The Labute approximate surface area is 166 Å². The number of methoxy groups -OCH3 is 1. The van der Waals surface area contributed by atoms with Crippen molar-refractivity contribution < 1.29 is 17.9 Å². The molecule has 1 fully saturated rings. The van der Waals surface area contributed by atoms with Crippen molar-refractivity contribution in [1.82, 2.24) is 4.31 Å². The molecule has 7 heteroatoms. The molecule has 28 heavy (non-hydrogen) atoms. The van der Waals surface area contributed by atoms with E-state index >= 15 is 0 Å². The predicted octanol–water partition coefficient (Wildman–Crippen LogP) is 3.74. The Bertz CT molecular complexity index is 980.